The molecule has 2 amide bonds. The summed E-state index contributed by atoms with van der Waals surface area (Å²) in [5.41, 5.74) is 3.02. The van der Waals surface area contributed by atoms with E-state index in [9.17, 15) is 9.59 Å². The third-order valence-corrected chi connectivity index (χ3v) is 5.07. The number of aryl methyl sites for hydroxylation is 1. The summed E-state index contributed by atoms with van der Waals surface area (Å²) < 4.78 is 0. The molecule has 0 aliphatic carbocycles. The average Bonchev–Trinajstić information content (AvgIpc) is 2.68. The number of carbonyl (C=O) groups is 2. The van der Waals surface area contributed by atoms with E-state index in [1.54, 1.807) is 36.4 Å². The Balaban J connectivity index is 1.58. The number of amides is 2. The highest BCUT2D eigenvalue weighted by atomic mass is 32.2. The standard InChI is InChI=1S/C22H20N2O2S/c1-16-8-5-6-13-20(16)27-15-21(25)23-18-11-7-12-19(14-18)24-22(26)17-9-3-2-4-10-17/h2-14H,15H2,1H3,(H,23,25)(H,24,26). The first kappa shape index (κ1) is 18.7. The third-order valence-electron chi connectivity index (χ3n) is 3.89. The monoisotopic (exact) mass is 376 g/mol. The molecule has 2 N–H and O–H groups in total. The molecule has 0 bridgehead atoms. The van der Waals surface area contributed by atoms with Gasteiger partial charge in [0.2, 0.25) is 5.91 Å². The maximum atomic E-state index is 12.2. The van der Waals surface area contributed by atoms with Gasteiger partial charge in [0.25, 0.3) is 5.91 Å². The molecule has 0 aliphatic heterocycles. The van der Waals surface area contributed by atoms with Crippen molar-refractivity contribution in [2.75, 3.05) is 16.4 Å². The first-order valence-corrected chi connectivity index (χ1v) is 9.55. The van der Waals surface area contributed by atoms with Gasteiger partial charge in [0, 0.05) is 21.8 Å². The van der Waals surface area contributed by atoms with E-state index >= 15 is 0 Å². The number of nitrogens with one attached hydrogen (secondary N) is 2. The molecule has 0 heterocycles. The SMILES string of the molecule is Cc1ccccc1SCC(=O)Nc1cccc(NC(=O)c2ccccc2)c1. The lowest BCUT2D eigenvalue weighted by molar-refractivity contribution is -0.113. The van der Waals surface area contributed by atoms with E-state index in [0.717, 1.165) is 10.5 Å². The molecule has 0 unspecified atom stereocenters. The van der Waals surface area contributed by atoms with E-state index in [-0.39, 0.29) is 11.8 Å². The second-order valence-electron chi connectivity index (χ2n) is 6.00. The quantitative estimate of drug-likeness (QED) is 0.597. The highest BCUT2D eigenvalue weighted by Gasteiger charge is 2.08. The fourth-order valence-electron chi connectivity index (χ4n) is 2.53. The van der Waals surface area contributed by atoms with Gasteiger partial charge in [-0.3, -0.25) is 9.59 Å². The summed E-state index contributed by atoms with van der Waals surface area (Å²) in [6.07, 6.45) is 0. The minimum Gasteiger partial charge on any atom is -0.325 e. The van der Waals surface area contributed by atoms with Crippen LogP contribution in [0.3, 0.4) is 0 Å². The highest BCUT2D eigenvalue weighted by molar-refractivity contribution is 8.00. The molecule has 0 aliphatic rings. The van der Waals surface area contributed by atoms with Crippen molar-refractivity contribution in [3.8, 4) is 0 Å². The normalized spacial score (nSPS) is 10.3. The fraction of sp³-hybridized carbons (Fsp3) is 0.0909. The zero-order valence-corrected chi connectivity index (χ0v) is 15.8. The number of rotatable bonds is 6. The van der Waals surface area contributed by atoms with Gasteiger partial charge in [0.15, 0.2) is 0 Å². The van der Waals surface area contributed by atoms with Crippen LogP contribution in [-0.2, 0) is 4.79 Å². The number of hydrogen-bond acceptors (Lipinski definition) is 3. The first-order chi connectivity index (χ1) is 13.1. The maximum absolute atomic E-state index is 12.2. The van der Waals surface area contributed by atoms with Crippen LogP contribution in [0.1, 0.15) is 15.9 Å². The van der Waals surface area contributed by atoms with Crippen molar-refractivity contribution in [1.82, 2.24) is 0 Å². The second kappa shape index (κ2) is 9.05. The van der Waals surface area contributed by atoms with Gasteiger partial charge in [-0.25, -0.2) is 0 Å². The molecule has 3 rings (SSSR count). The number of carbonyl (C=O) groups excluding carboxylic acids is 2. The molecule has 5 heteroatoms. The van der Waals surface area contributed by atoms with Crippen molar-refractivity contribution < 1.29 is 9.59 Å². The number of hydrogen-bond donors (Lipinski definition) is 2. The molecule has 0 aromatic heterocycles. The second-order valence-corrected chi connectivity index (χ2v) is 7.02. The summed E-state index contributed by atoms with van der Waals surface area (Å²) in [4.78, 5) is 25.6. The van der Waals surface area contributed by atoms with E-state index in [1.807, 2.05) is 49.4 Å². The van der Waals surface area contributed by atoms with Gasteiger partial charge in [0.1, 0.15) is 0 Å². The number of thioether (sulfide) groups is 1. The first-order valence-electron chi connectivity index (χ1n) is 8.56. The van der Waals surface area contributed by atoms with Crippen LogP contribution in [0, 0.1) is 6.92 Å². The predicted molar refractivity (Wildman–Crippen MR) is 111 cm³/mol. The fourth-order valence-corrected chi connectivity index (χ4v) is 3.36. The summed E-state index contributed by atoms with van der Waals surface area (Å²) in [6, 6.07) is 24.1. The Morgan fingerprint density at radius 2 is 1.48 bits per heavy atom. The van der Waals surface area contributed by atoms with Gasteiger partial charge in [-0.2, -0.15) is 0 Å². The minimum absolute atomic E-state index is 0.0882. The lowest BCUT2D eigenvalue weighted by Gasteiger charge is -2.09. The highest BCUT2D eigenvalue weighted by Crippen LogP contribution is 2.22. The lowest BCUT2D eigenvalue weighted by Crippen LogP contribution is -2.15. The van der Waals surface area contributed by atoms with Crippen molar-refractivity contribution in [2.24, 2.45) is 0 Å². The van der Waals surface area contributed by atoms with Crippen LogP contribution in [0.15, 0.2) is 83.8 Å². The zero-order chi connectivity index (χ0) is 19.1. The van der Waals surface area contributed by atoms with Crippen LogP contribution in [0.4, 0.5) is 11.4 Å². The van der Waals surface area contributed by atoms with Crippen molar-refractivity contribution in [2.45, 2.75) is 11.8 Å². The molecule has 4 nitrogen and oxygen atoms in total. The van der Waals surface area contributed by atoms with E-state index in [2.05, 4.69) is 10.6 Å². The predicted octanol–water partition coefficient (Wildman–Crippen LogP) is 4.98. The Labute approximate surface area is 163 Å². The van der Waals surface area contributed by atoms with Crippen LogP contribution < -0.4 is 10.6 Å². The van der Waals surface area contributed by atoms with Crippen LogP contribution >= 0.6 is 11.8 Å². The molecule has 3 aromatic carbocycles. The third kappa shape index (κ3) is 5.46. The molecule has 3 aromatic rings. The molecule has 0 saturated heterocycles. The molecule has 136 valence electrons. The summed E-state index contributed by atoms with van der Waals surface area (Å²) >= 11 is 1.50. The van der Waals surface area contributed by atoms with E-state index in [4.69, 9.17) is 0 Å². The Morgan fingerprint density at radius 3 is 2.22 bits per heavy atom. The number of anilines is 2. The zero-order valence-electron chi connectivity index (χ0n) is 14.9. The van der Waals surface area contributed by atoms with Gasteiger partial charge in [-0.15, -0.1) is 11.8 Å². The lowest BCUT2D eigenvalue weighted by atomic mass is 10.2. The van der Waals surface area contributed by atoms with Crippen molar-refractivity contribution >= 4 is 35.0 Å². The van der Waals surface area contributed by atoms with Gasteiger partial charge >= 0.3 is 0 Å². The molecule has 27 heavy (non-hydrogen) atoms. The summed E-state index contributed by atoms with van der Waals surface area (Å²) in [6.45, 7) is 2.03. The van der Waals surface area contributed by atoms with Gasteiger partial charge in [0.05, 0.1) is 5.75 Å². The molecular formula is C22H20N2O2S. The van der Waals surface area contributed by atoms with Crippen LogP contribution in [0.2, 0.25) is 0 Å². The van der Waals surface area contributed by atoms with E-state index < -0.39 is 0 Å². The molecule has 0 fully saturated rings. The average molecular weight is 376 g/mol. The van der Waals surface area contributed by atoms with Crippen LogP contribution in [-0.4, -0.2) is 17.6 Å². The molecule has 0 atom stereocenters. The summed E-state index contributed by atoms with van der Waals surface area (Å²) in [5, 5.41) is 5.72. The Morgan fingerprint density at radius 1 is 0.815 bits per heavy atom. The van der Waals surface area contributed by atoms with Gasteiger partial charge < -0.3 is 10.6 Å². The Hall–Kier alpha value is -3.05. The van der Waals surface area contributed by atoms with Crippen LogP contribution in [0.25, 0.3) is 0 Å². The van der Waals surface area contributed by atoms with Crippen molar-refractivity contribution in [3.05, 3.63) is 90.0 Å². The molecule has 0 spiro atoms. The van der Waals surface area contributed by atoms with Crippen LogP contribution in [0.5, 0.6) is 0 Å². The van der Waals surface area contributed by atoms with Gasteiger partial charge in [-0.1, -0.05) is 42.5 Å². The van der Waals surface area contributed by atoms with E-state index in [0.29, 0.717) is 22.7 Å². The Kier molecular flexibility index (Phi) is 6.28. The smallest absolute Gasteiger partial charge is 0.255 e. The Bertz CT molecular complexity index is 942. The van der Waals surface area contributed by atoms with Crippen molar-refractivity contribution in [3.63, 3.8) is 0 Å². The summed E-state index contributed by atoms with van der Waals surface area (Å²) in [7, 11) is 0. The summed E-state index contributed by atoms with van der Waals surface area (Å²) in [5.74, 6) is 0.0508. The number of benzene rings is 3. The minimum atomic E-state index is -0.186. The van der Waals surface area contributed by atoms with Gasteiger partial charge in [-0.05, 0) is 48.9 Å². The van der Waals surface area contributed by atoms with E-state index in [1.165, 1.54) is 11.8 Å². The molecule has 0 saturated carbocycles. The molecule has 0 radical (unpaired) electrons. The topological polar surface area (TPSA) is 58.2 Å². The maximum Gasteiger partial charge on any atom is 0.255 e. The molecular weight excluding hydrogens is 356 g/mol. The largest absolute Gasteiger partial charge is 0.325 e. The van der Waals surface area contributed by atoms with Crippen molar-refractivity contribution in [1.29, 1.82) is 0 Å².